The van der Waals surface area contributed by atoms with E-state index >= 15 is 0 Å². The van der Waals surface area contributed by atoms with Crippen LogP contribution in [-0.4, -0.2) is 23.3 Å². The van der Waals surface area contributed by atoms with Gasteiger partial charge in [-0.1, -0.05) is 13.0 Å². The number of pyridine rings is 1. The molecule has 0 radical (unpaired) electrons. The molecular formula is C12H18N2O2. The first-order chi connectivity index (χ1) is 7.60. The first-order valence-corrected chi connectivity index (χ1v) is 5.21. The normalized spacial score (nSPS) is 9.00. The van der Waals surface area contributed by atoms with Crippen molar-refractivity contribution < 1.29 is 9.53 Å². The van der Waals surface area contributed by atoms with E-state index in [0.717, 1.165) is 0 Å². The van der Waals surface area contributed by atoms with Crippen molar-refractivity contribution in [2.24, 2.45) is 0 Å². The number of carbonyl (C=O) groups is 1. The summed E-state index contributed by atoms with van der Waals surface area (Å²) < 4.78 is 4.76. The predicted octanol–water partition coefficient (Wildman–Crippen LogP) is 2.43. The van der Waals surface area contributed by atoms with Gasteiger partial charge in [-0.2, -0.15) is 0 Å². The van der Waals surface area contributed by atoms with Crippen molar-refractivity contribution in [1.82, 2.24) is 4.98 Å². The van der Waals surface area contributed by atoms with Crippen LogP contribution < -0.4 is 0 Å². The molecule has 1 aromatic heterocycles. The standard InChI is InChI=1S/C6H6N2.C6H12O2/c7-5-6-3-1-2-4-8-6;1-4-6(7)8-5(2)3/h1-5,7H;5H,4H2,1-3H3. The summed E-state index contributed by atoms with van der Waals surface area (Å²) in [6.45, 7) is 5.46. The van der Waals surface area contributed by atoms with Gasteiger partial charge in [0.05, 0.1) is 11.8 Å². The Kier molecular flexibility index (Phi) is 7.67. The van der Waals surface area contributed by atoms with E-state index in [9.17, 15) is 4.79 Å². The number of ether oxygens (including phenoxy) is 1. The van der Waals surface area contributed by atoms with Gasteiger partial charge < -0.3 is 10.1 Å². The molecule has 1 heterocycles. The van der Waals surface area contributed by atoms with Crippen LogP contribution in [0.25, 0.3) is 0 Å². The van der Waals surface area contributed by atoms with Gasteiger partial charge >= 0.3 is 5.97 Å². The molecule has 0 unspecified atom stereocenters. The number of hydrogen-bond donors (Lipinski definition) is 1. The average Bonchev–Trinajstić information content (AvgIpc) is 2.30. The minimum Gasteiger partial charge on any atom is -0.463 e. The van der Waals surface area contributed by atoms with Crippen molar-refractivity contribution in [2.45, 2.75) is 33.3 Å². The Morgan fingerprint density at radius 3 is 2.50 bits per heavy atom. The zero-order chi connectivity index (χ0) is 12.4. The summed E-state index contributed by atoms with van der Waals surface area (Å²) in [6.07, 6.45) is 3.39. The van der Waals surface area contributed by atoms with Crippen LogP contribution in [0.3, 0.4) is 0 Å². The van der Waals surface area contributed by atoms with Crippen molar-refractivity contribution in [1.29, 1.82) is 5.41 Å². The van der Waals surface area contributed by atoms with E-state index in [1.54, 1.807) is 19.2 Å². The topological polar surface area (TPSA) is 63.0 Å². The Morgan fingerprint density at radius 1 is 1.56 bits per heavy atom. The Morgan fingerprint density at radius 2 is 2.25 bits per heavy atom. The first-order valence-electron chi connectivity index (χ1n) is 5.21. The van der Waals surface area contributed by atoms with Crippen molar-refractivity contribution in [3.8, 4) is 0 Å². The molecule has 0 aromatic carbocycles. The third-order valence-electron chi connectivity index (χ3n) is 1.49. The smallest absolute Gasteiger partial charge is 0.305 e. The van der Waals surface area contributed by atoms with Gasteiger partial charge in [-0.25, -0.2) is 0 Å². The maximum absolute atomic E-state index is 10.4. The van der Waals surface area contributed by atoms with E-state index in [0.29, 0.717) is 12.1 Å². The van der Waals surface area contributed by atoms with Crippen LogP contribution in [-0.2, 0) is 9.53 Å². The van der Waals surface area contributed by atoms with Crippen molar-refractivity contribution in [3.05, 3.63) is 30.1 Å². The lowest BCUT2D eigenvalue weighted by Crippen LogP contribution is -2.09. The second-order valence-electron chi connectivity index (χ2n) is 3.29. The second-order valence-corrected chi connectivity index (χ2v) is 3.29. The van der Waals surface area contributed by atoms with Crippen LogP contribution in [0.4, 0.5) is 0 Å². The molecule has 0 aliphatic rings. The fourth-order valence-electron chi connectivity index (χ4n) is 0.808. The van der Waals surface area contributed by atoms with Gasteiger partial charge in [-0.05, 0) is 26.0 Å². The lowest BCUT2D eigenvalue weighted by Gasteiger charge is -2.04. The summed E-state index contributed by atoms with van der Waals surface area (Å²) in [7, 11) is 0. The molecule has 0 fully saturated rings. The molecule has 1 rings (SSSR count). The third-order valence-corrected chi connectivity index (χ3v) is 1.49. The summed E-state index contributed by atoms with van der Waals surface area (Å²) in [5.74, 6) is -0.125. The molecule has 0 aliphatic heterocycles. The monoisotopic (exact) mass is 222 g/mol. The highest BCUT2D eigenvalue weighted by atomic mass is 16.5. The first kappa shape index (κ1) is 14.3. The van der Waals surface area contributed by atoms with E-state index in [1.165, 1.54) is 6.21 Å². The highest BCUT2D eigenvalue weighted by molar-refractivity contribution is 5.73. The number of carbonyl (C=O) groups excluding carboxylic acids is 1. The molecule has 0 saturated heterocycles. The number of rotatable bonds is 3. The fourth-order valence-corrected chi connectivity index (χ4v) is 0.808. The maximum atomic E-state index is 10.4. The number of aromatic nitrogens is 1. The molecule has 16 heavy (non-hydrogen) atoms. The van der Waals surface area contributed by atoms with Gasteiger partial charge in [-0.3, -0.25) is 9.78 Å². The lowest BCUT2D eigenvalue weighted by atomic mass is 10.4. The fraction of sp³-hybridized carbons (Fsp3) is 0.417. The average molecular weight is 222 g/mol. The van der Waals surface area contributed by atoms with Gasteiger partial charge in [0.25, 0.3) is 0 Å². The van der Waals surface area contributed by atoms with Crippen LogP contribution >= 0.6 is 0 Å². The van der Waals surface area contributed by atoms with E-state index in [2.05, 4.69) is 4.98 Å². The molecule has 0 amide bonds. The SMILES string of the molecule is CCC(=O)OC(C)C.N=Cc1ccccn1. The maximum Gasteiger partial charge on any atom is 0.305 e. The molecule has 88 valence electrons. The molecule has 4 heteroatoms. The lowest BCUT2D eigenvalue weighted by molar-refractivity contribution is -0.146. The summed E-state index contributed by atoms with van der Waals surface area (Å²) >= 11 is 0. The number of nitrogens with zero attached hydrogens (tertiary/aromatic N) is 1. The molecule has 0 saturated carbocycles. The zero-order valence-electron chi connectivity index (χ0n) is 9.93. The molecule has 0 spiro atoms. The highest BCUT2D eigenvalue weighted by Crippen LogP contribution is 1.90. The molecule has 0 atom stereocenters. The quantitative estimate of drug-likeness (QED) is 0.631. The molecular weight excluding hydrogens is 204 g/mol. The second kappa shape index (κ2) is 8.59. The predicted molar refractivity (Wildman–Crippen MR) is 63.6 cm³/mol. The Bertz CT molecular complexity index is 310. The van der Waals surface area contributed by atoms with E-state index < -0.39 is 0 Å². The molecule has 4 nitrogen and oxygen atoms in total. The van der Waals surface area contributed by atoms with Gasteiger partial charge in [0, 0.05) is 18.8 Å². The summed E-state index contributed by atoms with van der Waals surface area (Å²) in [5.41, 5.74) is 0.701. The van der Waals surface area contributed by atoms with Crippen LogP contribution in [0.5, 0.6) is 0 Å². The van der Waals surface area contributed by atoms with E-state index in [-0.39, 0.29) is 12.1 Å². The van der Waals surface area contributed by atoms with Gasteiger partial charge in [0.2, 0.25) is 0 Å². The zero-order valence-corrected chi connectivity index (χ0v) is 9.93. The minimum absolute atomic E-state index is 0.0300. The number of esters is 1. The minimum atomic E-state index is -0.125. The Labute approximate surface area is 96.2 Å². The van der Waals surface area contributed by atoms with Crippen LogP contribution in [0.2, 0.25) is 0 Å². The summed E-state index contributed by atoms with van der Waals surface area (Å²) in [6, 6.07) is 5.47. The van der Waals surface area contributed by atoms with Crippen molar-refractivity contribution in [3.63, 3.8) is 0 Å². The molecule has 1 N–H and O–H groups in total. The molecule has 1 aromatic rings. The van der Waals surface area contributed by atoms with Gasteiger partial charge in [0.15, 0.2) is 0 Å². The van der Waals surface area contributed by atoms with Crippen molar-refractivity contribution in [2.75, 3.05) is 0 Å². The number of hydrogen-bond acceptors (Lipinski definition) is 4. The summed E-state index contributed by atoms with van der Waals surface area (Å²) in [4.78, 5) is 14.3. The highest BCUT2D eigenvalue weighted by Gasteiger charge is 1.98. The van der Waals surface area contributed by atoms with Crippen molar-refractivity contribution >= 4 is 12.2 Å². The van der Waals surface area contributed by atoms with E-state index in [4.69, 9.17) is 10.1 Å². The third kappa shape index (κ3) is 7.67. The number of nitrogens with one attached hydrogen (secondary N) is 1. The van der Waals surface area contributed by atoms with E-state index in [1.807, 2.05) is 26.0 Å². The summed E-state index contributed by atoms with van der Waals surface area (Å²) in [5, 5.41) is 6.76. The Hall–Kier alpha value is -1.71. The molecule has 0 bridgehead atoms. The van der Waals surface area contributed by atoms with Crippen LogP contribution in [0, 0.1) is 5.41 Å². The van der Waals surface area contributed by atoms with Crippen LogP contribution in [0.1, 0.15) is 32.9 Å². The molecule has 0 aliphatic carbocycles. The largest absolute Gasteiger partial charge is 0.463 e. The Balaban J connectivity index is 0.000000281. The van der Waals surface area contributed by atoms with Gasteiger partial charge in [0.1, 0.15) is 0 Å². The van der Waals surface area contributed by atoms with Gasteiger partial charge in [-0.15, -0.1) is 0 Å². The van der Waals surface area contributed by atoms with Crippen LogP contribution in [0.15, 0.2) is 24.4 Å².